The van der Waals surface area contributed by atoms with E-state index in [0.29, 0.717) is 28.4 Å². The van der Waals surface area contributed by atoms with Gasteiger partial charge in [-0.2, -0.15) is 9.64 Å². The van der Waals surface area contributed by atoms with E-state index in [2.05, 4.69) is 9.69 Å². The zero-order valence-electron chi connectivity index (χ0n) is 10.2. The summed E-state index contributed by atoms with van der Waals surface area (Å²) in [5.41, 5.74) is 1.08. The molecule has 5 nitrogen and oxygen atoms in total. The molecule has 0 aliphatic carbocycles. The van der Waals surface area contributed by atoms with Crippen LogP contribution in [0, 0.1) is 11.3 Å². The first-order chi connectivity index (χ1) is 9.24. The summed E-state index contributed by atoms with van der Waals surface area (Å²) in [6.45, 7) is 1.90. The Bertz CT molecular complexity index is 617. The average Bonchev–Trinajstić information content (AvgIpc) is 2.81. The Morgan fingerprint density at radius 1 is 1.47 bits per heavy atom. The van der Waals surface area contributed by atoms with Gasteiger partial charge in [0.15, 0.2) is 0 Å². The molecule has 0 unspecified atom stereocenters. The molecule has 0 atom stereocenters. The number of aromatic nitrogens is 1. The lowest BCUT2D eigenvalue weighted by Gasteiger charge is -2.04. The molecule has 1 aromatic heterocycles. The second-order valence-corrected chi connectivity index (χ2v) is 4.40. The lowest BCUT2D eigenvalue weighted by Crippen LogP contribution is -2.16. The largest absolute Gasteiger partial charge is 0.417 e. The number of aryl methyl sites for hydroxylation is 1. The second-order valence-electron chi connectivity index (χ2n) is 3.63. The van der Waals surface area contributed by atoms with Crippen molar-refractivity contribution in [3.8, 4) is 11.8 Å². The zero-order valence-corrected chi connectivity index (χ0v) is 11.0. The van der Waals surface area contributed by atoms with Gasteiger partial charge in [0, 0.05) is 0 Å². The van der Waals surface area contributed by atoms with Crippen LogP contribution in [0.3, 0.4) is 0 Å². The maximum atomic E-state index is 11.7. The normalized spacial score (nSPS) is 9.68. The Balaban J connectivity index is 2.08. The number of para-hydroxylation sites is 1. The monoisotopic (exact) mass is 273 g/mol. The van der Waals surface area contributed by atoms with Gasteiger partial charge < -0.3 is 4.74 Å². The van der Waals surface area contributed by atoms with Crippen molar-refractivity contribution in [2.75, 3.05) is 5.32 Å². The molecule has 0 aliphatic rings. The minimum absolute atomic E-state index is 0.400. The number of carbonyl (C=O) groups is 1. The van der Waals surface area contributed by atoms with Gasteiger partial charge in [0.25, 0.3) is 0 Å². The van der Waals surface area contributed by atoms with Crippen molar-refractivity contribution < 1.29 is 9.53 Å². The van der Waals surface area contributed by atoms with Gasteiger partial charge in [-0.15, -0.1) is 0 Å². The highest BCUT2D eigenvalue weighted by atomic mass is 32.1. The number of amides is 1. The van der Waals surface area contributed by atoms with Crippen LogP contribution in [0.1, 0.15) is 18.2 Å². The van der Waals surface area contributed by atoms with Gasteiger partial charge in [-0.3, -0.25) is 5.32 Å². The molecule has 0 fully saturated rings. The minimum atomic E-state index is -0.631. The van der Waals surface area contributed by atoms with Crippen LogP contribution in [0.2, 0.25) is 0 Å². The third kappa shape index (κ3) is 3.09. The van der Waals surface area contributed by atoms with E-state index in [0.717, 1.165) is 11.5 Å². The number of benzene rings is 1. The molecule has 2 aromatic rings. The highest BCUT2D eigenvalue weighted by Gasteiger charge is 2.15. The van der Waals surface area contributed by atoms with E-state index in [9.17, 15) is 4.79 Å². The van der Waals surface area contributed by atoms with Gasteiger partial charge in [-0.25, -0.2) is 4.79 Å². The van der Waals surface area contributed by atoms with Gasteiger partial charge in [0.1, 0.15) is 22.4 Å². The molecule has 6 heteroatoms. The Morgan fingerprint density at radius 3 is 2.84 bits per heavy atom. The highest BCUT2D eigenvalue weighted by molar-refractivity contribution is 7.10. The predicted molar refractivity (Wildman–Crippen MR) is 72.3 cm³/mol. The molecule has 0 aliphatic heterocycles. The molecular formula is C13H11N3O2S. The standard InChI is InChI=1S/C13H11N3O2S/c1-2-11-10(8-14)12(19-16-11)15-13(17)18-9-6-4-3-5-7-9/h3-7H,2H2,1H3,(H,15,17). The van der Waals surface area contributed by atoms with Crippen LogP contribution in [0.4, 0.5) is 9.80 Å². The van der Waals surface area contributed by atoms with Gasteiger partial charge in [0.05, 0.1) is 5.69 Å². The molecule has 0 radical (unpaired) electrons. The molecule has 96 valence electrons. The average molecular weight is 273 g/mol. The van der Waals surface area contributed by atoms with Crippen molar-refractivity contribution in [3.05, 3.63) is 41.6 Å². The van der Waals surface area contributed by atoms with Crippen molar-refractivity contribution in [2.45, 2.75) is 13.3 Å². The summed E-state index contributed by atoms with van der Waals surface area (Å²) in [5.74, 6) is 0.443. The topological polar surface area (TPSA) is 75.0 Å². The summed E-state index contributed by atoms with van der Waals surface area (Å²) in [6.07, 6.45) is 0.0171. The van der Waals surface area contributed by atoms with Crippen molar-refractivity contribution >= 4 is 22.6 Å². The fourth-order valence-electron chi connectivity index (χ4n) is 1.48. The molecular weight excluding hydrogens is 262 g/mol. The first-order valence-corrected chi connectivity index (χ1v) is 6.44. The van der Waals surface area contributed by atoms with Gasteiger partial charge in [-0.05, 0) is 30.1 Å². The maximum Gasteiger partial charge on any atom is 0.417 e. The van der Waals surface area contributed by atoms with Gasteiger partial charge >= 0.3 is 6.09 Å². The van der Waals surface area contributed by atoms with Crippen LogP contribution in [0.25, 0.3) is 0 Å². The Hall–Kier alpha value is -2.39. The van der Waals surface area contributed by atoms with Crippen molar-refractivity contribution in [1.82, 2.24) is 4.37 Å². The number of nitrogens with zero attached hydrogens (tertiary/aromatic N) is 2. The van der Waals surface area contributed by atoms with Gasteiger partial charge in [-0.1, -0.05) is 25.1 Å². The van der Waals surface area contributed by atoms with Crippen LogP contribution in [-0.2, 0) is 6.42 Å². The summed E-state index contributed by atoms with van der Waals surface area (Å²) >= 11 is 1.08. The predicted octanol–water partition coefficient (Wildman–Crippen LogP) is 3.19. The molecule has 0 spiro atoms. The second kappa shape index (κ2) is 5.98. The van der Waals surface area contributed by atoms with E-state index in [-0.39, 0.29) is 0 Å². The summed E-state index contributed by atoms with van der Waals surface area (Å²) in [6, 6.07) is 10.8. The quantitative estimate of drug-likeness (QED) is 0.931. The smallest absolute Gasteiger partial charge is 0.410 e. The summed E-state index contributed by atoms with van der Waals surface area (Å²) in [4.78, 5) is 11.7. The molecule has 0 saturated heterocycles. The maximum absolute atomic E-state index is 11.7. The van der Waals surface area contributed by atoms with Crippen LogP contribution in [0.5, 0.6) is 5.75 Å². The number of rotatable bonds is 3. The lowest BCUT2D eigenvalue weighted by molar-refractivity contribution is 0.215. The molecule has 1 N–H and O–H groups in total. The number of anilines is 1. The van der Waals surface area contributed by atoms with E-state index in [4.69, 9.17) is 10.00 Å². The van der Waals surface area contributed by atoms with E-state index >= 15 is 0 Å². The molecule has 1 aromatic carbocycles. The zero-order chi connectivity index (χ0) is 13.7. The summed E-state index contributed by atoms with van der Waals surface area (Å²) < 4.78 is 9.19. The Kier molecular flexibility index (Phi) is 4.11. The number of nitrogens with one attached hydrogen (secondary N) is 1. The Morgan fingerprint density at radius 2 is 2.21 bits per heavy atom. The Labute approximate surface area is 114 Å². The summed E-state index contributed by atoms with van der Waals surface area (Å²) in [7, 11) is 0. The number of hydrogen-bond donors (Lipinski definition) is 1. The van der Waals surface area contributed by atoms with Gasteiger partial charge in [0.2, 0.25) is 0 Å². The third-order valence-corrected chi connectivity index (χ3v) is 3.18. The fraction of sp³-hybridized carbons (Fsp3) is 0.154. The lowest BCUT2D eigenvalue weighted by atomic mass is 10.2. The summed E-state index contributed by atoms with van der Waals surface area (Å²) in [5, 5.41) is 12.0. The van der Waals surface area contributed by atoms with Crippen LogP contribution < -0.4 is 10.1 Å². The third-order valence-electron chi connectivity index (χ3n) is 2.38. The van der Waals surface area contributed by atoms with E-state index in [1.165, 1.54) is 0 Å². The minimum Gasteiger partial charge on any atom is -0.410 e. The van der Waals surface area contributed by atoms with E-state index in [1.807, 2.05) is 19.1 Å². The SMILES string of the molecule is CCc1nsc(NC(=O)Oc2ccccc2)c1C#N. The first kappa shape index (κ1) is 13.1. The van der Waals surface area contributed by atoms with Crippen molar-refractivity contribution in [3.63, 3.8) is 0 Å². The van der Waals surface area contributed by atoms with Crippen LogP contribution >= 0.6 is 11.5 Å². The number of hydrogen-bond acceptors (Lipinski definition) is 5. The number of carbonyl (C=O) groups excluding carboxylic acids is 1. The highest BCUT2D eigenvalue weighted by Crippen LogP contribution is 2.24. The molecule has 0 bridgehead atoms. The van der Waals surface area contributed by atoms with E-state index in [1.54, 1.807) is 24.3 Å². The molecule has 1 amide bonds. The number of nitriles is 1. The molecule has 2 rings (SSSR count). The van der Waals surface area contributed by atoms with Crippen LogP contribution in [-0.4, -0.2) is 10.5 Å². The van der Waals surface area contributed by atoms with Crippen molar-refractivity contribution in [1.29, 1.82) is 5.26 Å². The number of ether oxygens (including phenoxy) is 1. The van der Waals surface area contributed by atoms with Crippen molar-refractivity contribution in [2.24, 2.45) is 0 Å². The first-order valence-electron chi connectivity index (χ1n) is 5.67. The molecule has 1 heterocycles. The molecule has 0 saturated carbocycles. The fourth-order valence-corrected chi connectivity index (χ4v) is 2.28. The van der Waals surface area contributed by atoms with Crippen LogP contribution in [0.15, 0.2) is 30.3 Å². The van der Waals surface area contributed by atoms with E-state index < -0.39 is 6.09 Å². The molecule has 19 heavy (non-hydrogen) atoms.